The Balaban J connectivity index is 2.15. The number of aryl methyl sites for hydroxylation is 1. The molecule has 1 unspecified atom stereocenters. The van der Waals surface area contributed by atoms with Crippen LogP contribution in [0.1, 0.15) is 30.1 Å². The molecule has 2 heterocycles. The molecular formula is C14H15ClN2. The first-order valence-electron chi connectivity index (χ1n) is 6.39. The summed E-state index contributed by atoms with van der Waals surface area (Å²) in [5.41, 5.74) is 4.30. The molecule has 1 aliphatic heterocycles. The van der Waals surface area contributed by atoms with E-state index < -0.39 is 0 Å². The van der Waals surface area contributed by atoms with Crippen LogP contribution in [-0.2, 0) is 13.0 Å². The summed E-state index contributed by atoms with van der Waals surface area (Å²) in [6.45, 7) is 2.11. The van der Waals surface area contributed by atoms with Gasteiger partial charge in [-0.05, 0) is 30.9 Å². The van der Waals surface area contributed by atoms with Crippen LogP contribution in [-0.4, -0.2) is 11.1 Å². The molecule has 0 saturated heterocycles. The Morgan fingerprint density at radius 2 is 2.29 bits per heavy atom. The molecule has 0 spiro atoms. The van der Waals surface area contributed by atoms with Crippen molar-refractivity contribution in [2.45, 2.75) is 31.8 Å². The first-order valence-corrected chi connectivity index (χ1v) is 6.77. The SMILES string of the molecule is Clc1cccc2c3c4n(c12)CCNC4CCC3. The van der Waals surface area contributed by atoms with Crippen LogP contribution in [0.4, 0.5) is 0 Å². The lowest BCUT2D eigenvalue weighted by Gasteiger charge is -2.31. The van der Waals surface area contributed by atoms with E-state index in [-0.39, 0.29) is 0 Å². The van der Waals surface area contributed by atoms with Crippen LogP contribution < -0.4 is 5.32 Å². The molecular weight excluding hydrogens is 232 g/mol. The minimum atomic E-state index is 0.552. The van der Waals surface area contributed by atoms with Crippen LogP contribution in [0.3, 0.4) is 0 Å². The van der Waals surface area contributed by atoms with Crippen LogP contribution in [0.15, 0.2) is 18.2 Å². The van der Waals surface area contributed by atoms with E-state index in [1.165, 1.54) is 41.4 Å². The summed E-state index contributed by atoms with van der Waals surface area (Å²) in [6.07, 6.45) is 3.76. The highest BCUT2D eigenvalue weighted by Crippen LogP contribution is 2.40. The molecule has 88 valence electrons. The molecule has 1 atom stereocenters. The van der Waals surface area contributed by atoms with Crippen LogP contribution in [0.25, 0.3) is 10.9 Å². The fraction of sp³-hybridized carbons (Fsp3) is 0.429. The predicted octanol–water partition coefficient (Wildman–Crippen LogP) is 3.28. The molecule has 1 aliphatic carbocycles. The van der Waals surface area contributed by atoms with Crippen molar-refractivity contribution in [3.8, 4) is 0 Å². The van der Waals surface area contributed by atoms with Crippen LogP contribution in [0, 0.1) is 0 Å². The minimum absolute atomic E-state index is 0.552. The molecule has 1 aromatic carbocycles. The quantitative estimate of drug-likeness (QED) is 0.755. The molecule has 2 aromatic rings. The molecule has 17 heavy (non-hydrogen) atoms. The van der Waals surface area contributed by atoms with Gasteiger partial charge < -0.3 is 9.88 Å². The van der Waals surface area contributed by atoms with Gasteiger partial charge in [-0.3, -0.25) is 0 Å². The first-order chi connectivity index (χ1) is 8.36. The number of benzene rings is 1. The van der Waals surface area contributed by atoms with Gasteiger partial charge in [0.1, 0.15) is 0 Å². The largest absolute Gasteiger partial charge is 0.340 e. The Hall–Kier alpha value is -0.990. The van der Waals surface area contributed by atoms with E-state index in [2.05, 4.69) is 22.0 Å². The van der Waals surface area contributed by atoms with E-state index in [0.29, 0.717) is 6.04 Å². The lowest BCUT2D eigenvalue weighted by atomic mass is 9.91. The van der Waals surface area contributed by atoms with E-state index in [4.69, 9.17) is 11.6 Å². The number of aromatic nitrogens is 1. The predicted molar refractivity (Wildman–Crippen MR) is 70.6 cm³/mol. The maximum atomic E-state index is 6.39. The average Bonchev–Trinajstić information content (AvgIpc) is 2.69. The molecule has 2 aliphatic rings. The zero-order chi connectivity index (χ0) is 11.4. The second-order valence-electron chi connectivity index (χ2n) is 5.05. The van der Waals surface area contributed by atoms with Crippen molar-refractivity contribution in [2.24, 2.45) is 0 Å². The van der Waals surface area contributed by atoms with Gasteiger partial charge in [-0.25, -0.2) is 0 Å². The third-order valence-corrected chi connectivity index (χ3v) is 4.46. The summed E-state index contributed by atoms with van der Waals surface area (Å²) in [6, 6.07) is 6.86. The topological polar surface area (TPSA) is 17.0 Å². The van der Waals surface area contributed by atoms with E-state index >= 15 is 0 Å². The van der Waals surface area contributed by atoms with Gasteiger partial charge in [0.25, 0.3) is 0 Å². The fourth-order valence-corrected chi connectivity index (χ4v) is 3.79. The average molecular weight is 247 g/mol. The van der Waals surface area contributed by atoms with Gasteiger partial charge in [0.15, 0.2) is 0 Å². The fourth-order valence-electron chi connectivity index (χ4n) is 3.52. The number of hydrogen-bond acceptors (Lipinski definition) is 1. The first kappa shape index (κ1) is 9.98. The second kappa shape index (κ2) is 3.50. The van der Waals surface area contributed by atoms with Gasteiger partial charge in [-0.2, -0.15) is 0 Å². The second-order valence-corrected chi connectivity index (χ2v) is 5.46. The molecule has 0 fully saturated rings. The normalized spacial score (nSPS) is 22.8. The van der Waals surface area contributed by atoms with Crippen molar-refractivity contribution in [1.29, 1.82) is 0 Å². The molecule has 2 nitrogen and oxygen atoms in total. The summed E-state index contributed by atoms with van der Waals surface area (Å²) < 4.78 is 2.45. The molecule has 1 aromatic heterocycles. The van der Waals surface area contributed by atoms with Crippen LogP contribution in [0.2, 0.25) is 5.02 Å². The zero-order valence-corrected chi connectivity index (χ0v) is 10.4. The van der Waals surface area contributed by atoms with Crippen molar-refractivity contribution in [2.75, 3.05) is 6.54 Å². The maximum absolute atomic E-state index is 6.39. The van der Waals surface area contributed by atoms with Crippen molar-refractivity contribution < 1.29 is 0 Å². The maximum Gasteiger partial charge on any atom is 0.0675 e. The molecule has 0 radical (unpaired) electrons. The number of para-hydroxylation sites is 1. The summed E-state index contributed by atoms with van der Waals surface area (Å²) in [4.78, 5) is 0. The highest BCUT2D eigenvalue weighted by molar-refractivity contribution is 6.35. The standard InChI is InChI=1S/C14H15ClN2/c15-11-5-1-3-9-10-4-2-6-12-14(10)17(13(9)11)8-7-16-12/h1,3,5,12,16H,2,4,6-8H2. The Bertz CT molecular complexity index is 598. The minimum Gasteiger partial charge on any atom is -0.340 e. The number of nitrogens with one attached hydrogen (secondary N) is 1. The van der Waals surface area contributed by atoms with Crippen molar-refractivity contribution in [3.05, 3.63) is 34.5 Å². The third kappa shape index (κ3) is 1.25. The number of rotatable bonds is 0. The lowest BCUT2D eigenvalue weighted by molar-refractivity contribution is 0.384. The third-order valence-electron chi connectivity index (χ3n) is 4.16. The van der Waals surface area contributed by atoms with Crippen molar-refractivity contribution in [1.82, 2.24) is 9.88 Å². The summed E-state index contributed by atoms with van der Waals surface area (Å²) in [5, 5.41) is 5.91. The van der Waals surface area contributed by atoms with Gasteiger partial charge in [0.2, 0.25) is 0 Å². The van der Waals surface area contributed by atoms with Gasteiger partial charge in [-0.1, -0.05) is 23.7 Å². The monoisotopic (exact) mass is 246 g/mol. The van der Waals surface area contributed by atoms with Crippen molar-refractivity contribution in [3.63, 3.8) is 0 Å². The smallest absolute Gasteiger partial charge is 0.0675 e. The highest BCUT2D eigenvalue weighted by atomic mass is 35.5. The van der Waals surface area contributed by atoms with Gasteiger partial charge >= 0.3 is 0 Å². The molecule has 4 rings (SSSR count). The van der Waals surface area contributed by atoms with E-state index in [0.717, 1.165) is 18.1 Å². The number of nitrogens with zero attached hydrogens (tertiary/aromatic N) is 1. The zero-order valence-electron chi connectivity index (χ0n) is 9.67. The van der Waals surface area contributed by atoms with Gasteiger partial charge in [-0.15, -0.1) is 0 Å². The number of halogens is 1. The molecule has 1 N–H and O–H groups in total. The number of hydrogen-bond donors (Lipinski definition) is 1. The molecule has 0 bridgehead atoms. The van der Waals surface area contributed by atoms with Gasteiger partial charge in [0, 0.05) is 30.2 Å². The van der Waals surface area contributed by atoms with E-state index in [1.54, 1.807) is 0 Å². The Labute approximate surface area is 106 Å². The molecule has 3 heteroatoms. The van der Waals surface area contributed by atoms with Crippen LogP contribution >= 0.6 is 11.6 Å². The van der Waals surface area contributed by atoms with E-state index in [1.807, 2.05) is 6.07 Å². The summed E-state index contributed by atoms with van der Waals surface area (Å²) in [7, 11) is 0. The van der Waals surface area contributed by atoms with Crippen LogP contribution in [0.5, 0.6) is 0 Å². The summed E-state index contributed by atoms with van der Waals surface area (Å²) in [5.74, 6) is 0. The Morgan fingerprint density at radius 3 is 3.24 bits per heavy atom. The Kier molecular flexibility index (Phi) is 2.06. The van der Waals surface area contributed by atoms with Gasteiger partial charge in [0.05, 0.1) is 10.5 Å². The lowest BCUT2D eigenvalue weighted by Crippen LogP contribution is -2.35. The molecule has 0 saturated carbocycles. The summed E-state index contributed by atoms with van der Waals surface area (Å²) >= 11 is 6.39. The highest BCUT2D eigenvalue weighted by Gasteiger charge is 2.30. The number of fused-ring (bicyclic) bond motifs is 3. The molecule has 0 amide bonds. The van der Waals surface area contributed by atoms with E-state index in [9.17, 15) is 0 Å². The Morgan fingerprint density at radius 1 is 1.35 bits per heavy atom. The van der Waals surface area contributed by atoms with Crippen molar-refractivity contribution >= 4 is 22.5 Å².